The zero-order valence-corrected chi connectivity index (χ0v) is 10.5. The zero-order valence-electron chi connectivity index (χ0n) is 10.5. The molecule has 0 aromatic heterocycles. The molecule has 1 nitrogen and oxygen atoms in total. The van der Waals surface area contributed by atoms with Crippen LogP contribution in [0.5, 0.6) is 0 Å². The number of hydrogen-bond donors (Lipinski definition) is 1. The van der Waals surface area contributed by atoms with Crippen LogP contribution < -0.4 is 0 Å². The third-order valence-corrected chi connectivity index (χ3v) is 2.37. The molecule has 0 saturated heterocycles. The van der Waals surface area contributed by atoms with Gasteiger partial charge in [-0.3, -0.25) is 0 Å². The van der Waals surface area contributed by atoms with Gasteiger partial charge in [0.15, 0.2) is 0 Å². The van der Waals surface area contributed by atoms with Gasteiger partial charge in [0.25, 0.3) is 0 Å². The monoisotopic (exact) mass is 206 g/mol. The van der Waals surface area contributed by atoms with E-state index in [0.717, 1.165) is 12.0 Å². The molecule has 1 aromatic rings. The summed E-state index contributed by atoms with van der Waals surface area (Å²) in [5.74, 6) is 0. The van der Waals surface area contributed by atoms with Gasteiger partial charge in [0.1, 0.15) is 0 Å². The van der Waals surface area contributed by atoms with E-state index in [4.69, 9.17) is 0 Å². The topological polar surface area (TPSA) is 20.2 Å². The minimum atomic E-state index is -0.742. The summed E-state index contributed by atoms with van der Waals surface area (Å²) < 4.78 is 0. The molecule has 1 heteroatoms. The Morgan fingerprint density at radius 3 is 2.13 bits per heavy atom. The van der Waals surface area contributed by atoms with Crippen LogP contribution >= 0.6 is 0 Å². The van der Waals surface area contributed by atoms with E-state index in [1.54, 1.807) is 0 Å². The van der Waals surface area contributed by atoms with Gasteiger partial charge in [-0.2, -0.15) is 0 Å². The lowest BCUT2D eigenvalue weighted by Crippen LogP contribution is -2.16. The van der Waals surface area contributed by atoms with Crippen LogP contribution in [0.15, 0.2) is 24.3 Å². The molecule has 0 heterocycles. The van der Waals surface area contributed by atoms with E-state index in [1.807, 2.05) is 26.0 Å². The maximum absolute atomic E-state index is 9.91. The smallest absolute Gasteiger partial charge is 0.0840 e. The van der Waals surface area contributed by atoms with E-state index in [9.17, 15) is 5.11 Å². The number of rotatable bonds is 2. The first-order valence-corrected chi connectivity index (χ1v) is 5.50. The van der Waals surface area contributed by atoms with Gasteiger partial charge in [0, 0.05) is 0 Å². The number of aliphatic hydroxyl groups is 1. The third kappa shape index (κ3) is 4.05. The van der Waals surface area contributed by atoms with Crippen molar-refractivity contribution in [2.45, 2.75) is 46.6 Å². The van der Waals surface area contributed by atoms with E-state index in [-0.39, 0.29) is 5.41 Å². The second kappa shape index (κ2) is 3.97. The van der Waals surface area contributed by atoms with Crippen molar-refractivity contribution in [3.63, 3.8) is 0 Å². The highest BCUT2D eigenvalue weighted by Gasteiger charge is 2.17. The van der Waals surface area contributed by atoms with E-state index in [0.29, 0.717) is 0 Å². The quantitative estimate of drug-likeness (QED) is 0.785. The number of benzene rings is 1. The Kier molecular flexibility index (Phi) is 3.25. The van der Waals surface area contributed by atoms with Crippen molar-refractivity contribution in [1.82, 2.24) is 0 Å². The predicted molar refractivity (Wildman–Crippen MR) is 64.8 cm³/mol. The van der Waals surface area contributed by atoms with E-state index < -0.39 is 5.60 Å². The molecule has 0 aliphatic heterocycles. The molecular weight excluding hydrogens is 184 g/mol. The van der Waals surface area contributed by atoms with Crippen molar-refractivity contribution in [2.24, 2.45) is 5.41 Å². The Morgan fingerprint density at radius 2 is 1.67 bits per heavy atom. The van der Waals surface area contributed by atoms with Crippen LogP contribution in [-0.2, 0) is 12.0 Å². The molecule has 0 amide bonds. The van der Waals surface area contributed by atoms with Gasteiger partial charge in [-0.15, -0.1) is 0 Å². The maximum Gasteiger partial charge on any atom is 0.0840 e. The first-order chi connectivity index (χ1) is 6.68. The van der Waals surface area contributed by atoms with Crippen molar-refractivity contribution in [1.29, 1.82) is 0 Å². The fraction of sp³-hybridized carbons (Fsp3) is 0.571. The minimum absolute atomic E-state index is 0.290. The first kappa shape index (κ1) is 12.3. The molecule has 0 fully saturated rings. The molecule has 0 saturated carbocycles. The van der Waals surface area contributed by atoms with Crippen molar-refractivity contribution in [3.05, 3.63) is 35.4 Å². The zero-order chi connectivity index (χ0) is 11.7. The highest BCUT2D eigenvalue weighted by Crippen LogP contribution is 2.25. The summed E-state index contributed by atoms with van der Waals surface area (Å²) in [5, 5.41) is 9.91. The fourth-order valence-electron chi connectivity index (χ4n) is 1.67. The Morgan fingerprint density at radius 1 is 1.07 bits per heavy atom. The molecule has 84 valence electrons. The van der Waals surface area contributed by atoms with Crippen LogP contribution in [0.4, 0.5) is 0 Å². The van der Waals surface area contributed by atoms with Gasteiger partial charge in [-0.1, -0.05) is 45.0 Å². The number of hydrogen-bond acceptors (Lipinski definition) is 1. The van der Waals surface area contributed by atoms with Gasteiger partial charge in [0.2, 0.25) is 0 Å². The van der Waals surface area contributed by atoms with Crippen LogP contribution in [0.25, 0.3) is 0 Å². The van der Waals surface area contributed by atoms with Gasteiger partial charge in [0.05, 0.1) is 5.60 Å². The Bertz CT molecular complexity index is 326. The van der Waals surface area contributed by atoms with Gasteiger partial charge in [-0.25, -0.2) is 0 Å². The van der Waals surface area contributed by atoms with Crippen molar-refractivity contribution in [2.75, 3.05) is 0 Å². The van der Waals surface area contributed by atoms with Crippen LogP contribution in [0, 0.1) is 5.41 Å². The predicted octanol–water partition coefficient (Wildman–Crippen LogP) is 3.50. The highest BCUT2D eigenvalue weighted by atomic mass is 16.3. The second-order valence-corrected chi connectivity index (χ2v) is 6.00. The van der Waals surface area contributed by atoms with Gasteiger partial charge >= 0.3 is 0 Å². The SMILES string of the molecule is CC(C)(C)Cc1cccc(C(C)(C)O)c1. The summed E-state index contributed by atoms with van der Waals surface area (Å²) in [4.78, 5) is 0. The molecule has 1 rings (SSSR count). The lowest BCUT2D eigenvalue weighted by molar-refractivity contribution is 0.0785. The van der Waals surface area contributed by atoms with E-state index in [2.05, 4.69) is 32.9 Å². The molecule has 0 aliphatic carbocycles. The molecule has 1 N–H and O–H groups in total. The highest BCUT2D eigenvalue weighted by molar-refractivity contribution is 5.27. The average Bonchev–Trinajstić information content (AvgIpc) is 1.99. The summed E-state index contributed by atoms with van der Waals surface area (Å²) in [6, 6.07) is 8.23. The Labute approximate surface area is 93.1 Å². The first-order valence-electron chi connectivity index (χ1n) is 5.50. The maximum atomic E-state index is 9.91. The molecule has 1 aromatic carbocycles. The summed E-state index contributed by atoms with van der Waals surface area (Å²) in [6.45, 7) is 10.3. The molecule has 15 heavy (non-hydrogen) atoms. The molecule has 0 radical (unpaired) electrons. The molecule has 0 aliphatic rings. The Balaban J connectivity index is 2.94. The van der Waals surface area contributed by atoms with Crippen molar-refractivity contribution >= 4 is 0 Å². The summed E-state index contributed by atoms with van der Waals surface area (Å²) in [7, 11) is 0. The third-order valence-electron chi connectivity index (χ3n) is 2.37. The molecular formula is C14H22O. The van der Waals surface area contributed by atoms with Crippen molar-refractivity contribution < 1.29 is 5.11 Å². The van der Waals surface area contributed by atoms with Crippen LogP contribution in [0.1, 0.15) is 45.7 Å². The lowest BCUT2D eigenvalue weighted by Gasteiger charge is -2.22. The van der Waals surface area contributed by atoms with Crippen LogP contribution in [-0.4, -0.2) is 5.11 Å². The lowest BCUT2D eigenvalue weighted by atomic mass is 9.86. The minimum Gasteiger partial charge on any atom is -0.386 e. The van der Waals surface area contributed by atoms with Gasteiger partial charge < -0.3 is 5.11 Å². The summed E-state index contributed by atoms with van der Waals surface area (Å²) in [6.07, 6.45) is 1.04. The Hall–Kier alpha value is -0.820. The van der Waals surface area contributed by atoms with E-state index in [1.165, 1.54) is 5.56 Å². The van der Waals surface area contributed by atoms with E-state index >= 15 is 0 Å². The average molecular weight is 206 g/mol. The summed E-state index contributed by atoms with van der Waals surface area (Å²) >= 11 is 0. The molecule has 0 spiro atoms. The van der Waals surface area contributed by atoms with Crippen LogP contribution in [0.3, 0.4) is 0 Å². The largest absolute Gasteiger partial charge is 0.386 e. The van der Waals surface area contributed by atoms with Crippen LogP contribution in [0.2, 0.25) is 0 Å². The second-order valence-electron chi connectivity index (χ2n) is 6.00. The standard InChI is InChI=1S/C14H22O/c1-13(2,3)10-11-7-6-8-12(9-11)14(4,5)15/h6-9,15H,10H2,1-5H3. The molecule has 0 atom stereocenters. The molecule has 0 unspecified atom stereocenters. The van der Waals surface area contributed by atoms with Gasteiger partial charge in [-0.05, 0) is 36.8 Å². The normalized spacial score (nSPS) is 12.9. The van der Waals surface area contributed by atoms with Crippen molar-refractivity contribution in [3.8, 4) is 0 Å². The fourth-order valence-corrected chi connectivity index (χ4v) is 1.67. The molecule has 0 bridgehead atoms. The summed E-state index contributed by atoms with van der Waals surface area (Å²) in [5.41, 5.74) is 1.83.